The fourth-order valence-electron chi connectivity index (χ4n) is 1.52. The number of aromatic nitrogens is 2. The summed E-state index contributed by atoms with van der Waals surface area (Å²) in [6, 6.07) is 4.49. The zero-order valence-electron chi connectivity index (χ0n) is 11.4. The quantitative estimate of drug-likeness (QED) is 0.873. The van der Waals surface area contributed by atoms with Gasteiger partial charge in [-0.3, -0.25) is 5.32 Å². The van der Waals surface area contributed by atoms with Gasteiger partial charge in [0.2, 0.25) is 0 Å². The molecule has 0 unspecified atom stereocenters. The molecule has 0 saturated heterocycles. The van der Waals surface area contributed by atoms with Crippen molar-refractivity contribution in [3.63, 3.8) is 0 Å². The molecule has 0 aliphatic rings. The smallest absolute Gasteiger partial charge is 0.272 e. The maximum absolute atomic E-state index is 4.32. The third kappa shape index (κ3) is 4.08. The van der Waals surface area contributed by atoms with Crippen LogP contribution in [-0.2, 0) is 0 Å². The van der Waals surface area contributed by atoms with Crippen molar-refractivity contribution in [3.05, 3.63) is 40.0 Å². The van der Waals surface area contributed by atoms with Crippen molar-refractivity contribution in [2.45, 2.75) is 33.2 Å². The summed E-state index contributed by atoms with van der Waals surface area (Å²) in [4.78, 5) is 7.53. The fraction of sp³-hybridized carbons (Fsp3) is 0.333. The molecule has 0 saturated carbocycles. The minimum Gasteiger partial charge on any atom is -0.272 e. The number of pyridine rings is 1. The molecule has 1 atom stereocenters. The highest BCUT2D eigenvalue weighted by Gasteiger charge is 2.05. The Morgan fingerprint density at radius 1 is 1.42 bits per heavy atom. The molecule has 3 nitrogen and oxygen atoms in total. The number of nitrogens with one attached hydrogen (secondary N) is 2. The monoisotopic (exact) mass is 272 g/mol. The second-order valence-electron chi connectivity index (χ2n) is 4.45. The summed E-state index contributed by atoms with van der Waals surface area (Å²) in [5.41, 5.74) is 1.80. The largest absolute Gasteiger partial charge is 0.272 e. The van der Waals surface area contributed by atoms with Crippen LogP contribution in [0.3, 0.4) is 0 Å². The Kier molecular flexibility index (Phi) is 4.53. The number of anilines is 1. The number of thiazole rings is 1. The summed E-state index contributed by atoms with van der Waals surface area (Å²) >= 11 is 1.62. The summed E-state index contributed by atoms with van der Waals surface area (Å²) in [5.74, 6) is 7.18. The standard InChI is InChI=1S/C15H17N3S/c1-4-11(2)17-15-8-6-13(9-16-15)5-7-14-10-19-12(3)18-14/h6,8-11H,4H2,1-3H3,(H,16,17)/p+1/t11-/m0/s1. The summed E-state index contributed by atoms with van der Waals surface area (Å²) in [6.45, 7) is 6.30. The van der Waals surface area contributed by atoms with Crippen LogP contribution in [0.5, 0.6) is 0 Å². The van der Waals surface area contributed by atoms with Crippen molar-refractivity contribution < 1.29 is 4.98 Å². The second-order valence-corrected chi connectivity index (χ2v) is 5.51. The van der Waals surface area contributed by atoms with E-state index in [-0.39, 0.29) is 0 Å². The van der Waals surface area contributed by atoms with Crippen molar-refractivity contribution in [2.24, 2.45) is 0 Å². The molecular weight excluding hydrogens is 254 g/mol. The average molecular weight is 272 g/mol. The number of aryl methyl sites for hydroxylation is 1. The molecule has 0 bridgehead atoms. The molecule has 0 aliphatic carbocycles. The highest BCUT2D eigenvalue weighted by atomic mass is 32.1. The first-order chi connectivity index (χ1) is 9.17. The van der Waals surface area contributed by atoms with Gasteiger partial charge in [0.25, 0.3) is 5.82 Å². The lowest BCUT2D eigenvalue weighted by Crippen LogP contribution is -2.20. The van der Waals surface area contributed by atoms with E-state index in [0.29, 0.717) is 6.04 Å². The van der Waals surface area contributed by atoms with Crippen LogP contribution in [-0.4, -0.2) is 11.0 Å². The molecule has 2 heterocycles. The van der Waals surface area contributed by atoms with Crippen LogP contribution in [0, 0.1) is 18.8 Å². The highest BCUT2D eigenvalue weighted by molar-refractivity contribution is 7.09. The Hall–Kier alpha value is -1.86. The number of aromatic amines is 1. The van der Waals surface area contributed by atoms with E-state index < -0.39 is 0 Å². The Balaban J connectivity index is 2.05. The maximum atomic E-state index is 4.32. The van der Waals surface area contributed by atoms with Gasteiger partial charge < -0.3 is 0 Å². The van der Waals surface area contributed by atoms with Gasteiger partial charge in [-0.1, -0.05) is 12.8 Å². The number of H-pyrrole nitrogens is 1. The Morgan fingerprint density at radius 2 is 2.26 bits per heavy atom. The molecule has 98 valence electrons. The number of nitrogens with zero attached hydrogens (tertiary/aromatic N) is 1. The molecule has 2 aromatic rings. The number of hydrogen-bond donors (Lipinski definition) is 1. The zero-order valence-corrected chi connectivity index (χ0v) is 12.3. The summed E-state index contributed by atoms with van der Waals surface area (Å²) in [6.07, 6.45) is 3.01. The molecule has 0 radical (unpaired) electrons. The van der Waals surface area contributed by atoms with Gasteiger partial charge in [0.05, 0.1) is 16.6 Å². The van der Waals surface area contributed by atoms with E-state index in [1.165, 1.54) is 0 Å². The van der Waals surface area contributed by atoms with Gasteiger partial charge in [-0.2, -0.15) is 0 Å². The first-order valence-electron chi connectivity index (χ1n) is 6.40. The van der Waals surface area contributed by atoms with Crippen molar-refractivity contribution >= 4 is 17.2 Å². The molecule has 2 aromatic heterocycles. The molecule has 4 heteroatoms. The summed E-state index contributed by atoms with van der Waals surface area (Å²) < 4.78 is 0. The third-order valence-corrected chi connectivity index (χ3v) is 3.55. The highest BCUT2D eigenvalue weighted by Crippen LogP contribution is 2.07. The first-order valence-corrected chi connectivity index (χ1v) is 7.27. The fourth-order valence-corrected chi connectivity index (χ4v) is 2.06. The van der Waals surface area contributed by atoms with E-state index in [4.69, 9.17) is 0 Å². The lowest BCUT2D eigenvalue weighted by Gasteiger charge is -2.04. The minimum atomic E-state index is 0.464. The second kappa shape index (κ2) is 6.35. The predicted molar refractivity (Wildman–Crippen MR) is 79.2 cm³/mol. The van der Waals surface area contributed by atoms with Crippen molar-refractivity contribution in [3.8, 4) is 11.8 Å². The molecule has 19 heavy (non-hydrogen) atoms. The van der Waals surface area contributed by atoms with E-state index in [2.05, 4.69) is 41.0 Å². The van der Waals surface area contributed by atoms with E-state index >= 15 is 0 Å². The summed E-state index contributed by atoms with van der Waals surface area (Å²) in [5, 5.41) is 6.40. The third-order valence-electron chi connectivity index (χ3n) is 2.78. The Bertz CT molecular complexity index is 590. The van der Waals surface area contributed by atoms with Gasteiger partial charge in [-0.25, -0.2) is 9.97 Å². The van der Waals surface area contributed by atoms with Gasteiger partial charge in [-0.05, 0) is 32.3 Å². The van der Waals surface area contributed by atoms with Crippen LogP contribution in [0.4, 0.5) is 5.82 Å². The van der Waals surface area contributed by atoms with Gasteiger partial charge >= 0.3 is 0 Å². The molecule has 0 amide bonds. The van der Waals surface area contributed by atoms with E-state index in [0.717, 1.165) is 28.5 Å². The molecule has 0 aliphatic heterocycles. The topological polar surface area (TPSA) is 39.1 Å². The lowest BCUT2D eigenvalue weighted by atomic mass is 10.2. The minimum absolute atomic E-state index is 0.464. The van der Waals surface area contributed by atoms with Crippen molar-refractivity contribution in [1.29, 1.82) is 0 Å². The first kappa shape index (κ1) is 13.6. The Morgan fingerprint density at radius 3 is 2.84 bits per heavy atom. The van der Waals surface area contributed by atoms with Crippen LogP contribution in [0.2, 0.25) is 0 Å². The average Bonchev–Trinajstić information content (AvgIpc) is 2.83. The number of rotatable bonds is 3. The zero-order chi connectivity index (χ0) is 13.7. The lowest BCUT2D eigenvalue weighted by molar-refractivity contribution is -0.361. The van der Waals surface area contributed by atoms with Crippen molar-refractivity contribution in [2.75, 3.05) is 5.32 Å². The molecular formula is C15H18N3S+. The van der Waals surface area contributed by atoms with E-state index in [1.54, 1.807) is 11.3 Å². The van der Waals surface area contributed by atoms with Crippen LogP contribution < -0.4 is 10.3 Å². The van der Waals surface area contributed by atoms with Crippen LogP contribution in [0.15, 0.2) is 23.7 Å². The van der Waals surface area contributed by atoms with Gasteiger partial charge in [0.15, 0.2) is 0 Å². The van der Waals surface area contributed by atoms with Gasteiger partial charge in [0.1, 0.15) is 11.9 Å². The predicted octanol–water partition coefficient (Wildman–Crippen LogP) is 2.88. The SMILES string of the molecule is CC[C@H](C)Nc1ccc(C#Cc2csc(C)n2)c[nH+]1. The molecule has 2 N–H and O–H groups in total. The van der Waals surface area contributed by atoms with Gasteiger partial charge in [0, 0.05) is 11.4 Å². The van der Waals surface area contributed by atoms with Crippen molar-refractivity contribution in [1.82, 2.24) is 4.98 Å². The van der Waals surface area contributed by atoms with Crippen LogP contribution in [0.25, 0.3) is 0 Å². The molecule has 0 spiro atoms. The number of hydrogen-bond acceptors (Lipinski definition) is 3. The molecule has 0 aromatic carbocycles. The summed E-state index contributed by atoms with van der Waals surface area (Å²) in [7, 11) is 0. The van der Waals surface area contributed by atoms with Crippen LogP contribution in [0.1, 0.15) is 36.5 Å². The molecule has 0 fully saturated rings. The normalized spacial score (nSPS) is 11.5. The van der Waals surface area contributed by atoms with Crippen LogP contribution >= 0.6 is 11.3 Å². The maximum Gasteiger partial charge on any atom is 0.272 e. The Labute approximate surface area is 118 Å². The van der Waals surface area contributed by atoms with E-state index in [1.807, 2.05) is 30.6 Å². The van der Waals surface area contributed by atoms with Gasteiger partial charge in [-0.15, -0.1) is 11.3 Å². The van der Waals surface area contributed by atoms with E-state index in [9.17, 15) is 0 Å². The molecule has 2 rings (SSSR count).